The van der Waals surface area contributed by atoms with Gasteiger partial charge in [-0.3, -0.25) is 4.79 Å². The number of hydrogen-bond donors (Lipinski definition) is 2. The maximum Gasteiger partial charge on any atom is 0.253 e. The topological polar surface area (TPSA) is 81.2 Å². The molecule has 0 atom stereocenters. The molecule has 0 aliphatic heterocycles. The molecule has 0 aliphatic carbocycles. The number of rotatable bonds is 3. The Morgan fingerprint density at radius 3 is 2.84 bits per heavy atom. The molecule has 1 amide bonds. The van der Waals surface area contributed by atoms with Gasteiger partial charge >= 0.3 is 0 Å². The van der Waals surface area contributed by atoms with Gasteiger partial charge in [-0.2, -0.15) is 0 Å². The molecule has 0 fully saturated rings. The Balaban J connectivity index is 2.12. The van der Waals surface area contributed by atoms with Crippen LogP contribution in [0, 0.1) is 13.8 Å². The largest absolute Gasteiger partial charge is 0.398 e. The Bertz CT molecular complexity index is 603. The van der Waals surface area contributed by atoms with E-state index < -0.39 is 0 Å². The summed E-state index contributed by atoms with van der Waals surface area (Å²) >= 11 is 5.85. The van der Waals surface area contributed by atoms with Crippen LogP contribution in [0.2, 0.25) is 5.02 Å². The number of benzene rings is 1. The Kier molecular flexibility index (Phi) is 3.76. The second kappa shape index (κ2) is 5.32. The summed E-state index contributed by atoms with van der Waals surface area (Å²) in [7, 11) is 0. The average Bonchev–Trinajstić information content (AvgIpc) is 2.69. The van der Waals surface area contributed by atoms with Crippen molar-refractivity contribution >= 4 is 23.2 Å². The second-order valence-electron chi connectivity index (χ2n) is 4.22. The highest BCUT2D eigenvalue weighted by Gasteiger charge is 2.13. The van der Waals surface area contributed by atoms with Gasteiger partial charge in [0.05, 0.1) is 11.3 Å². The zero-order valence-corrected chi connectivity index (χ0v) is 11.4. The Morgan fingerprint density at radius 1 is 1.47 bits per heavy atom. The summed E-state index contributed by atoms with van der Waals surface area (Å²) in [6.07, 6.45) is 0. The van der Waals surface area contributed by atoms with Gasteiger partial charge in [-0.05, 0) is 32.0 Å². The van der Waals surface area contributed by atoms with Gasteiger partial charge in [-0.1, -0.05) is 16.8 Å². The Hall–Kier alpha value is -2.01. The minimum atomic E-state index is -0.278. The van der Waals surface area contributed by atoms with Crippen molar-refractivity contribution in [2.45, 2.75) is 20.4 Å². The number of anilines is 1. The van der Waals surface area contributed by atoms with E-state index in [0.717, 1.165) is 11.3 Å². The van der Waals surface area contributed by atoms with Crippen LogP contribution < -0.4 is 11.1 Å². The van der Waals surface area contributed by atoms with Crippen molar-refractivity contribution in [1.82, 2.24) is 10.5 Å². The third kappa shape index (κ3) is 2.88. The van der Waals surface area contributed by atoms with E-state index in [0.29, 0.717) is 28.6 Å². The number of nitrogens with two attached hydrogens (primary N) is 1. The van der Waals surface area contributed by atoms with Crippen LogP contribution in [0.15, 0.2) is 22.7 Å². The normalized spacial score (nSPS) is 10.5. The number of carbonyl (C=O) groups excluding carboxylic acids is 1. The van der Waals surface area contributed by atoms with Gasteiger partial charge in [0.2, 0.25) is 0 Å². The first-order valence-corrected chi connectivity index (χ1v) is 6.12. The predicted molar refractivity (Wildman–Crippen MR) is 73.0 cm³/mol. The summed E-state index contributed by atoms with van der Waals surface area (Å²) in [5.41, 5.74) is 8.13. The number of aryl methyl sites for hydroxylation is 2. The fraction of sp³-hybridized carbons (Fsp3) is 0.231. The van der Waals surface area contributed by atoms with Crippen LogP contribution in [0.3, 0.4) is 0 Å². The summed E-state index contributed by atoms with van der Waals surface area (Å²) in [5, 5.41) is 7.07. The molecule has 2 aromatic rings. The lowest BCUT2D eigenvalue weighted by Gasteiger charge is -2.07. The van der Waals surface area contributed by atoms with E-state index in [2.05, 4.69) is 10.5 Å². The van der Waals surface area contributed by atoms with E-state index in [1.165, 1.54) is 0 Å². The maximum absolute atomic E-state index is 12.0. The van der Waals surface area contributed by atoms with Crippen molar-refractivity contribution in [3.8, 4) is 0 Å². The lowest BCUT2D eigenvalue weighted by Crippen LogP contribution is -2.24. The zero-order valence-electron chi connectivity index (χ0n) is 10.7. The molecule has 0 bridgehead atoms. The van der Waals surface area contributed by atoms with E-state index in [1.807, 2.05) is 6.92 Å². The molecule has 0 saturated carbocycles. The molecule has 0 spiro atoms. The van der Waals surface area contributed by atoms with Crippen LogP contribution in [-0.4, -0.2) is 11.1 Å². The number of nitrogens with zero attached hydrogens (tertiary/aromatic N) is 1. The summed E-state index contributed by atoms with van der Waals surface area (Å²) in [6.45, 7) is 3.97. The monoisotopic (exact) mass is 279 g/mol. The molecule has 0 saturated heterocycles. The van der Waals surface area contributed by atoms with Gasteiger partial charge in [0.1, 0.15) is 5.76 Å². The molecule has 1 aromatic carbocycles. The lowest BCUT2D eigenvalue weighted by molar-refractivity contribution is 0.0951. The van der Waals surface area contributed by atoms with Crippen molar-refractivity contribution in [3.05, 3.63) is 45.8 Å². The molecule has 0 aliphatic rings. The van der Waals surface area contributed by atoms with Crippen LogP contribution >= 0.6 is 11.6 Å². The molecule has 2 rings (SSSR count). The third-order valence-corrected chi connectivity index (χ3v) is 3.10. The smallest absolute Gasteiger partial charge is 0.253 e. The third-order valence-electron chi connectivity index (χ3n) is 2.87. The van der Waals surface area contributed by atoms with Crippen molar-refractivity contribution in [2.75, 3.05) is 5.73 Å². The fourth-order valence-corrected chi connectivity index (χ4v) is 1.92. The Morgan fingerprint density at radius 2 is 2.21 bits per heavy atom. The van der Waals surface area contributed by atoms with Crippen molar-refractivity contribution in [2.24, 2.45) is 0 Å². The quantitative estimate of drug-likeness (QED) is 0.846. The van der Waals surface area contributed by atoms with Crippen LogP contribution in [0.4, 0.5) is 5.69 Å². The standard InChI is InChI=1S/C13H14ClN3O2/c1-7-11(8(2)19-17-7)6-16-13(18)10-5-9(14)3-4-12(10)15/h3-5H,6,15H2,1-2H3,(H,16,18). The minimum absolute atomic E-state index is 0.278. The van der Waals surface area contributed by atoms with Crippen LogP contribution in [0.5, 0.6) is 0 Å². The van der Waals surface area contributed by atoms with Gasteiger partial charge in [-0.25, -0.2) is 0 Å². The molecule has 19 heavy (non-hydrogen) atoms. The van der Waals surface area contributed by atoms with Crippen molar-refractivity contribution in [1.29, 1.82) is 0 Å². The number of hydrogen-bond acceptors (Lipinski definition) is 4. The van der Waals surface area contributed by atoms with Crippen LogP contribution in [-0.2, 0) is 6.54 Å². The molecule has 1 aromatic heterocycles. The van der Waals surface area contributed by atoms with E-state index in [1.54, 1.807) is 25.1 Å². The van der Waals surface area contributed by atoms with Crippen LogP contribution in [0.25, 0.3) is 0 Å². The van der Waals surface area contributed by atoms with Crippen molar-refractivity contribution < 1.29 is 9.32 Å². The van der Waals surface area contributed by atoms with E-state index in [-0.39, 0.29) is 5.91 Å². The summed E-state index contributed by atoms with van der Waals surface area (Å²) in [5.74, 6) is 0.414. The van der Waals surface area contributed by atoms with E-state index in [9.17, 15) is 4.79 Å². The fourth-order valence-electron chi connectivity index (χ4n) is 1.74. The number of amides is 1. The molecule has 0 unspecified atom stereocenters. The van der Waals surface area contributed by atoms with E-state index >= 15 is 0 Å². The first kappa shape index (κ1) is 13.4. The first-order valence-electron chi connectivity index (χ1n) is 5.74. The molecule has 0 radical (unpaired) electrons. The van der Waals surface area contributed by atoms with Gasteiger partial charge in [-0.15, -0.1) is 0 Å². The predicted octanol–water partition coefficient (Wildman–Crippen LogP) is 2.46. The molecule has 3 N–H and O–H groups in total. The minimum Gasteiger partial charge on any atom is -0.398 e. The number of nitrogen functional groups attached to an aromatic ring is 1. The molecular weight excluding hydrogens is 266 g/mol. The molecule has 1 heterocycles. The summed E-state index contributed by atoms with van der Waals surface area (Å²) in [6, 6.07) is 4.79. The van der Waals surface area contributed by atoms with Gasteiger partial charge in [0.15, 0.2) is 0 Å². The number of halogens is 1. The summed E-state index contributed by atoms with van der Waals surface area (Å²) in [4.78, 5) is 12.0. The molecule has 5 nitrogen and oxygen atoms in total. The first-order chi connectivity index (χ1) is 8.99. The number of nitrogens with one attached hydrogen (secondary N) is 1. The average molecular weight is 280 g/mol. The highest BCUT2D eigenvalue weighted by molar-refractivity contribution is 6.31. The molecular formula is C13H14ClN3O2. The Labute approximate surface area is 115 Å². The highest BCUT2D eigenvalue weighted by Crippen LogP contribution is 2.18. The number of aromatic nitrogens is 1. The zero-order chi connectivity index (χ0) is 14.0. The van der Waals surface area contributed by atoms with Gasteiger partial charge in [0.25, 0.3) is 5.91 Å². The van der Waals surface area contributed by atoms with Crippen LogP contribution in [0.1, 0.15) is 27.4 Å². The molecule has 100 valence electrons. The van der Waals surface area contributed by atoms with Crippen molar-refractivity contribution in [3.63, 3.8) is 0 Å². The van der Waals surface area contributed by atoms with Gasteiger partial charge in [0, 0.05) is 22.8 Å². The highest BCUT2D eigenvalue weighted by atomic mass is 35.5. The maximum atomic E-state index is 12.0. The van der Waals surface area contributed by atoms with E-state index in [4.69, 9.17) is 21.9 Å². The SMILES string of the molecule is Cc1noc(C)c1CNC(=O)c1cc(Cl)ccc1N. The second-order valence-corrected chi connectivity index (χ2v) is 4.65. The van der Waals surface area contributed by atoms with Gasteiger partial charge < -0.3 is 15.6 Å². The summed E-state index contributed by atoms with van der Waals surface area (Å²) < 4.78 is 5.03. The lowest BCUT2D eigenvalue weighted by atomic mass is 10.1. The molecule has 6 heteroatoms. The number of carbonyl (C=O) groups is 1.